The summed E-state index contributed by atoms with van der Waals surface area (Å²) < 4.78 is 16.9. The van der Waals surface area contributed by atoms with Crippen LogP contribution in [0.2, 0.25) is 0 Å². The van der Waals surface area contributed by atoms with E-state index in [0.29, 0.717) is 28.5 Å². The summed E-state index contributed by atoms with van der Waals surface area (Å²) in [6.45, 7) is 0.638. The predicted molar refractivity (Wildman–Crippen MR) is 110 cm³/mol. The number of rotatable bonds is 9. The third-order valence-electron chi connectivity index (χ3n) is 3.89. The largest absolute Gasteiger partial charge is 0.493 e. The third kappa shape index (κ3) is 4.92. The van der Waals surface area contributed by atoms with Crippen molar-refractivity contribution in [2.75, 3.05) is 20.3 Å². The highest BCUT2D eigenvalue weighted by molar-refractivity contribution is 7.11. The number of benzene rings is 2. The van der Waals surface area contributed by atoms with Crippen molar-refractivity contribution in [3.05, 3.63) is 76.5 Å². The zero-order valence-corrected chi connectivity index (χ0v) is 16.1. The van der Waals surface area contributed by atoms with Crippen LogP contribution in [0.3, 0.4) is 0 Å². The number of methoxy groups -OCH3 is 1. The van der Waals surface area contributed by atoms with Gasteiger partial charge in [-0.05, 0) is 35.7 Å². The molecule has 3 rings (SSSR count). The third-order valence-corrected chi connectivity index (χ3v) is 4.79. The summed E-state index contributed by atoms with van der Waals surface area (Å²) in [5.41, 5.74) is 0.832. The van der Waals surface area contributed by atoms with Crippen molar-refractivity contribution in [2.24, 2.45) is 0 Å². The minimum absolute atomic E-state index is 0.202. The Morgan fingerprint density at radius 1 is 1.00 bits per heavy atom. The number of carbonyl (C=O) groups is 1. The molecule has 144 valence electrons. The van der Waals surface area contributed by atoms with Gasteiger partial charge >= 0.3 is 5.97 Å². The summed E-state index contributed by atoms with van der Waals surface area (Å²) >= 11 is 1.37. The van der Waals surface area contributed by atoms with Gasteiger partial charge in [-0.15, -0.1) is 11.3 Å². The van der Waals surface area contributed by atoms with E-state index >= 15 is 0 Å². The monoisotopic (exact) mass is 396 g/mol. The number of ether oxygens (including phenoxy) is 3. The number of thiophene rings is 1. The van der Waals surface area contributed by atoms with E-state index in [1.165, 1.54) is 11.3 Å². The fourth-order valence-electron chi connectivity index (χ4n) is 2.61. The molecule has 3 aromatic rings. The Hall–Kier alpha value is -3.25. The number of aliphatic carboxylic acids is 1. The lowest BCUT2D eigenvalue weighted by molar-refractivity contribution is -0.130. The van der Waals surface area contributed by atoms with Gasteiger partial charge in [0, 0.05) is 10.4 Å². The summed E-state index contributed by atoms with van der Waals surface area (Å²) in [4.78, 5) is 12.4. The molecule has 0 aliphatic rings. The van der Waals surface area contributed by atoms with Crippen LogP contribution in [0, 0.1) is 0 Å². The second-order valence-electron chi connectivity index (χ2n) is 5.73. The zero-order valence-electron chi connectivity index (χ0n) is 15.3. The second-order valence-corrected chi connectivity index (χ2v) is 6.68. The van der Waals surface area contributed by atoms with Crippen LogP contribution in [0.15, 0.2) is 66.0 Å². The summed E-state index contributed by atoms with van der Waals surface area (Å²) in [6.07, 6.45) is 1.60. The molecule has 2 aromatic carbocycles. The first kappa shape index (κ1) is 19.5. The molecule has 0 unspecified atom stereocenters. The maximum absolute atomic E-state index is 11.7. The molecule has 0 saturated carbocycles. The van der Waals surface area contributed by atoms with E-state index in [-0.39, 0.29) is 12.2 Å². The van der Waals surface area contributed by atoms with Gasteiger partial charge in [0.05, 0.1) is 12.7 Å². The van der Waals surface area contributed by atoms with E-state index in [2.05, 4.69) is 0 Å². The highest BCUT2D eigenvalue weighted by atomic mass is 32.1. The highest BCUT2D eigenvalue weighted by Crippen LogP contribution is 2.34. The molecule has 28 heavy (non-hydrogen) atoms. The van der Waals surface area contributed by atoms with Gasteiger partial charge in [-0.3, -0.25) is 0 Å². The first-order chi connectivity index (χ1) is 13.7. The fraction of sp³-hybridized carbons (Fsp3) is 0.136. The van der Waals surface area contributed by atoms with E-state index in [9.17, 15) is 9.90 Å². The number of hydrogen-bond acceptors (Lipinski definition) is 5. The summed E-state index contributed by atoms with van der Waals surface area (Å²) in [6, 6.07) is 18.4. The van der Waals surface area contributed by atoms with Crippen LogP contribution in [0.25, 0.3) is 11.6 Å². The molecule has 0 radical (unpaired) electrons. The Kier molecular flexibility index (Phi) is 6.70. The quantitative estimate of drug-likeness (QED) is 0.414. The predicted octanol–water partition coefficient (Wildman–Crippen LogP) is 4.84. The summed E-state index contributed by atoms with van der Waals surface area (Å²) in [5, 5.41) is 11.5. The van der Waals surface area contributed by atoms with Gasteiger partial charge in [0.15, 0.2) is 11.5 Å². The summed E-state index contributed by atoms with van der Waals surface area (Å²) in [7, 11) is 1.55. The van der Waals surface area contributed by atoms with E-state index < -0.39 is 5.97 Å². The minimum Gasteiger partial charge on any atom is -0.493 e. The standard InChI is InChI=1S/C22H20O5S/c1-25-19-10-5-7-16(15-18(22(23)24)20-11-6-14-28-20)21(19)27-13-12-26-17-8-3-2-4-9-17/h2-11,14-15H,12-13H2,1H3,(H,23,24)/b18-15-. The lowest BCUT2D eigenvalue weighted by Gasteiger charge is -2.14. The maximum Gasteiger partial charge on any atom is 0.337 e. The lowest BCUT2D eigenvalue weighted by atomic mass is 10.1. The van der Waals surface area contributed by atoms with Crippen LogP contribution in [0.5, 0.6) is 17.2 Å². The molecule has 0 atom stereocenters. The number of hydrogen-bond donors (Lipinski definition) is 1. The first-order valence-corrected chi connectivity index (χ1v) is 9.53. The van der Waals surface area contributed by atoms with Crippen LogP contribution in [0.1, 0.15) is 10.4 Å². The molecular formula is C22H20O5S. The molecule has 0 bridgehead atoms. The highest BCUT2D eigenvalue weighted by Gasteiger charge is 2.15. The molecule has 1 N–H and O–H groups in total. The molecule has 1 aromatic heterocycles. The Bertz CT molecular complexity index is 933. The Balaban J connectivity index is 1.80. The van der Waals surface area contributed by atoms with Crippen molar-refractivity contribution in [1.82, 2.24) is 0 Å². The number of carboxylic acids is 1. The molecule has 6 heteroatoms. The Morgan fingerprint density at radius 2 is 1.79 bits per heavy atom. The van der Waals surface area contributed by atoms with Crippen molar-refractivity contribution >= 4 is 29.0 Å². The maximum atomic E-state index is 11.7. The molecule has 0 aliphatic heterocycles. The summed E-state index contributed by atoms with van der Waals surface area (Å²) in [5.74, 6) is 0.780. The number of carboxylic acid groups (broad SMARTS) is 1. The van der Waals surface area contributed by atoms with Gasteiger partial charge in [0.2, 0.25) is 0 Å². The molecule has 0 amide bonds. The first-order valence-electron chi connectivity index (χ1n) is 8.65. The van der Waals surface area contributed by atoms with Crippen LogP contribution in [-0.4, -0.2) is 31.4 Å². The molecule has 0 saturated heterocycles. The molecular weight excluding hydrogens is 376 g/mol. The van der Waals surface area contributed by atoms with E-state index in [1.54, 1.807) is 37.5 Å². The van der Waals surface area contributed by atoms with Crippen LogP contribution in [-0.2, 0) is 4.79 Å². The second kappa shape index (κ2) is 9.62. The van der Waals surface area contributed by atoms with Crippen LogP contribution >= 0.6 is 11.3 Å². The van der Waals surface area contributed by atoms with Gasteiger partial charge < -0.3 is 19.3 Å². The molecule has 0 spiro atoms. The van der Waals surface area contributed by atoms with Gasteiger partial charge in [-0.2, -0.15) is 0 Å². The van der Waals surface area contributed by atoms with E-state index in [1.807, 2.05) is 41.8 Å². The van der Waals surface area contributed by atoms with Crippen molar-refractivity contribution in [3.63, 3.8) is 0 Å². The van der Waals surface area contributed by atoms with E-state index in [4.69, 9.17) is 14.2 Å². The lowest BCUT2D eigenvalue weighted by Crippen LogP contribution is -2.10. The average Bonchev–Trinajstić information content (AvgIpc) is 3.24. The van der Waals surface area contributed by atoms with Gasteiger partial charge in [-0.25, -0.2) is 4.79 Å². The Labute approximate surface area is 167 Å². The van der Waals surface area contributed by atoms with E-state index in [0.717, 1.165) is 5.75 Å². The van der Waals surface area contributed by atoms with Gasteiger partial charge in [0.25, 0.3) is 0 Å². The molecule has 1 heterocycles. The zero-order chi connectivity index (χ0) is 19.8. The topological polar surface area (TPSA) is 65.0 Å². The van der Waals surface area contributed by atoms with Crippen LogP contribution in [0.4, 0.5) is 0 Å². The SMILES string of the molecule is COc1cccc(/C=C(\C(=O)O)c2cccs2)c1OCCOc1ccccc1. The molecule has 5 nitrogen and oxygen atoms in total. The van der Waals surface area contributed by atoms with Crippen molar-refractivity contribution < 1.29 is 24.1 Å². The molecule has 0 fully saturated rings. The smallest absolute Gasteiger partial charge is 0.337 e. The normalized spacial score (nSPS) is 11.1. The van der Waals surface area contributed by atoms with Crippen molar-refractivity contribution in [3.8, 4) is 17.2 Å². The number of para-hydroxylation sites is 2. The minimum atomic E-state index is -0.997. The average molecular weight is 396 g/mol. The fourth-order valence-corrected chi connectivity index (χ4v) is 3.34. The van der Waals surface area contributed by atoms with Crippen LogP contribution < -0.4 is 14.2 Å². The van der Waals surface area contributed by atoms with Crippen molar-refractivity contribution in [1.29, 1.82) is 0 Å². The Morgan fingerprint density at radius 3 is 2.46 bits per heavy atom. The van der Waals surface area contributed by atoms with Gasteiger partial charge in [-0.1, -0.05) is 36.4 Å². The van der Waals surface area contributed by atoms with Crippen molar-refractivity contribution in [2.45, 2.75) is 0 Å². The van der Waals surface area contributed by atoms with Gasteiger partial charge in [0.1, 0.15) is 19.0 Å². The molecule has 0 aliphatic carbocycles.